The lowest BCUT2D eigenvalue weighted by Crippen LogP contribution is -2.60. The van der Waals surface area contributed by atoms with Crippen molar-refractivity contribution in [1.29, 1.82) is 0 Å². The van der Waals surface area contributed by atoms with E-state index in [0.29, 0.717) is 11.3 Å². The standard InChI is InChI=1S/C20H20FN5O4/c21-14-5-1-12(2-6-14)17(28)26-15-7-3-13(4-8-15)20(19(22)30)16(24-11-25-20)18(29)23-9-10-27/h1-8,11,16,27H,9-10H2,(H2,22,30)(H,23,29)(H,24,25)(H,26,28). The molecule has 9 nitrogen and oxygen atoms in total. The van der Waals surface area contributed by atoms with E-state index in [-0.39, 0.29) is 18.7 Å². The van der Waals surface area contributed by atoms with Crippen LogP contribution < -0.4 is 21.7 Å². The average Bonchev–Trinajstić information content (AvgIpc) is 3.19. The Labute approximate surface area is 171 Å². The molecule has 0 saturated carbocycles. The maximum Gasteiger partial charge on any atom is 0.255 e. The summed E-state index contributed by atoms with van der Waals surface area (Å²) in [6.45, 7) is -0.254. The number of nitrogens with one attached hydrogen (secondary N) is 3. The minimum absolute atomic E-state index is 0.00799. The van der Waals surface area contributed by atoms with Crippen molar-refractivity contribution >= 4 is 29.7 Å². The van der Waals surface area contributed by atoms with Crippen LogP contribution in [0.2, 0.25) is 0 Å². The lowest BCUT2D eigenvalue weighted by Gasteiger charge is -2.31. The topological polar surface area (TPSA) is 146 Å². The zero-order valence-corrected chi connectivity index (χ0v) is 15.8. The molecule has 3 rings (SSSR count). The molecule has 2 aromatic rings. The van der Waals surface area contributed by atoms with Crippen LogP contribution in [-0.4, -0.2) is 48.4 Å². The van der Waals surface area contributed by atoms with Crippen molar-refractivity contribution in [3.05, 3.63) is 65.5 Å². The summed E-state index contributed by atoms with van der Waals surface area (Å²) in [6.07, 6.45) is 1.23. The van der Waals surface area contributed by atoms with E-state index in [1.807, 2.05) is 0 Å². The highest BCUT2D eigenvalue weighted by Crippen LogP contribution is 2.31. The zero-order valence-electron chi connectivity index (χ0n) is 15.8. The number of aliphatic imine (C=N–C) groups is 1. The molecule has 2 unspecified atom stereocenters. The summed E-state index contributed by atoms with van der Waals surface area (Å²) < 4.78 is 13.0. The lowest BCUT2D eigenvalue weighted by atomic mass is 9.82. The van der Waals surface area contributed by atoms with Crippen LogP contribution in [0.15, 0.2) is 53.5 Å². The molecule has 0 aromatic heterocycles. The van der Waals surface area contributed by atoms with E-state index in [4.69, 9.17) is 10.8 Å². The van der Waals surface area contributed by atoms with Crippen LogP contribution in [0.1, 0.15) is 15.9 Å². The Kier molecular flexibility index (Phi) is 6.07. The minimum Gasteiger partial charge on any atom is -0.395 e. The van der Waals surface area contributed by atoms with Crippen LogP contribution in [0.3, 0.4) is 0 Å². The van der Waals surface area contributed by atoms with Gasteiger partial charge in [0.1, 0.15) is 5.82 Å². The molecule has 1 heterocycles. The predicted molar refractivity (Wildman–Crippen MR) is 107 cm³/mol. The first-order chi connectivity index (χ1) is 14.4. The fourth-order valence-electron chi connectivity index (χ4n) is 3.15. The number of hydrogen-bond donors (Lipinski definition) is 5. The Balaban J connectivity index is 1.82. The number of amides is 3. The van der Waals surface area contributed by atoms with E-state index in [1.165, 1.54) is 30.6 Å². The molecule has 0 fully saturated rings. The number of carbonyl (C=O) groups is 3. The van der Waals surface area contributed by atoms with E-state index in [2.05, 4.69) is 20.9 Å². The molecule has 30 heavy (non-hydrogen) atoms. The molecule has 1 aliphatic rings. The number of primary amides is 1. The second kappa shape index (κ2) is 8.70. The fraction of sp³-hybridized carbons (Fsp3) is 0.200. The molecular formula is C20H20FN5O4. The quantitative estimate of drug-likeness (QED) is 0.429. The number of aliphatic hydroxyl groups is 1. The van der Waals surface area contributed by atoms with Crippen LogP contribution in [0.5, 0.6) is 0 Å². The summed E-state index contributed by atoms with van der Waals surface area (Å²) in [6, 6.07) is 10.1. The van der Waals surface area contributed by atoms with Gasteiger partial charge in [-0.1, -0.05) is 12.1 Å². The third-order valence-corrected chi connectivity index (χ3v) is 4.68. The van der Waals surface area contributed by atoms with E-state index >= 15 is 0 Å². The first-order valence-electron chi connectivity index (χ1n) is 9.03. The van der Waals surface area contributed by atoms with Gasteiger partial charge in [0, 0.05) is 17.8 Å². The summed E-state index contributed by atoms with van der Waals surface area (Å²) in [4.78, 5) is 41.1. The van der Waals surface area contributed by atoms with Crippen molar-refractivity contribution in [2.24, 2.45) is 10.7 Å². The molecule has 2 aromatic carbocycles. The lowest BCUT2D eigenvalue weighted by molar-refractivity contribution is -0.131. The van der Waals surface area contributed by atoms with Crippen LogP contribution in [0, 0.1) is 5.82 Å². The molecule has 3 amide bonds. The third kappa shape index (κ3) is 3.98. The zero-order chi connectivity index (χ0) is 21.7. The van der Waals surface area contributed by atoms with E-state index in [0.717, 1.165) is 0 Å². The van der Waals surface area contributed by atoms with Crippen molar-refractivity contribution in [2.45, 2.75) is 11.6 Å². The van der Waals surface area contributed by atoms with Gasteiger partial charge in [0.05, 0.1) is 12.9 Å². The number of benzene rings is 2. The summed E-state index contributed by atoms with van der Waals surface area (Å²) in [5.41, 5.74) is 5.08. The van der Waals surface area contributed by atoms with Gasteiger partial charge in [-0.3, -0.25) is 19.4 Å². The normalized spacial score (nSPS) is 19.7. The molecular weight excluding hydrogens is 393 g/mol. The van der Waals surface area contributed by atoms with Crippen molar-refractivity contribution < 1.29 is 23.9 Å². The first-order valence-corrected chi connectivity index (χ1v) is 9.03. The summed E-state index contributed by atoms with van der Waals surface area (Å²) in [5.74, 6) is -2.27. The minimum atomic E-state index is -1.61. The van der Waals surface area contributed by atoms with Gasteiger partial charge in [0.15, 0.2) is 11.6 Å². The Morgan fingerprint density at radius 2 is 1.80 bits per heavy atom. The van der Waals surface area contributed by atoms with Gasteiger partial charge in [-0.25, -0.2) is 4.39 Å². The van der Waals surface area contributed by atoms with Gasteiger partial charge in [0.25, 0.3) is 11.8 Å². The predicted octanol–water partition coefficient (Wildman–Crippen LogP) is -0.133. The van der Waals surface area contributed by atoms with Crippen molar-refractivity contribution in [3.8, 4) is 0 Å². The maximum atomic E-state index is 13.0. The molecule has 0 bridgehead atoms. The van der Waals surface area contributed by atoms with Gasteiger partial charge in [-0.15, -0.1) is 0 Å². The Bertz CT molecular complexity index is 978. The number of nitrogens with two attached hydrogens (primary N) is 1. The second-order valence-electron chi connectivity index (χ2n) is 6.55. The number of anilines is 1. The summed E-state index contributed by atoms with van der Waals surface area (Å²) in [5, 5.41) is 16.8. The number of nitrogens with zero attached hydrogens (tertiary/aromatic N) is 1. The van der Waals surface area contributed by atoms with Gasteiger partial charge < -0.3 is 26.8 Å². The smallest absolute Gasteiger partial charge is 0.255 e. The molecule has 0 radical (unpaired) electrons. The fourth-order valence-corrected chi connectivity index (χ4v) is 3.15. The molecule has 0 aliphatic carbocycles. The van der Waals surface area contributed by atoms with Crippen LogP contribution in [0.4, 0.5) is 10.1 Å². The first kappa shape index (κ1) is 20.9. The number of aliphatic hydroxyl groups excluding tert-OH is 1. The summed E-state index contributed by atoms with van der Waals surface area (Å²) >= 11 is 0. The Morgan fingerprint density at radius 1 is 1.13 bits per heavy atom. The average molecular weight is 413 g/mol. The highest BCUT2D eigenvalue weighted by atomic mass is 19.1. The number of halogens is 1. The van der Waals surface area contributed by atoms with Gasteiger partial charge in [-0.05, 0) is 42.0 Å². The van der Waals surface area contributed by atoms with Crippen molar-refractivity contribution in [2.75, 3.05) is 18.5 Å². The maximum absolute atomic E-state index is 13.0. The monoisotopic (exact) mass is 413 g/mol. The van der Waals surface area contributed by atoms with Gasteiger partial charge in [-0.2, -0.15) is 0 Å². The van der Waals surface area contributed by atoms with E-state index in [9.17, 15) is 18.8 Å². The van der Waals surface area contributed by atoms with Crippen molar-refractivity contribution in [3.63, 3.8) is 0 Å². The number of hydrogen-bond acceptors (Lipinski definition) is 6. The highest BCUT2D eigenvalue weighted by molar-refractivity contribution is 6.04. The van der Waals surface area contributed by atoms with Crippen LogP contribution >= 0.6 is 0 Å². The number of rotatable bonds is 7. The molecule has 10 heteroatoms. The second-order valence-corrected chi connectivity index (χ2v) is 6.55. The molecule has 2 atom stereocenters. The Hall–Kier alpha value is -3.79. The van der Waals surface area contributed by atoms with E-state index < -0.39 is 35.1 Å². The molecule has 0 spiro atoms. The van der Waals surface area contributed by atoms with Crippen LogP contribution in [0.25, 0.3) is 0 Å². The number of carbonyl (C=O) groups excluding carboxylic acids is 3. The molecule has 1 aliphatic heterocycles. The van der Waals surface area contributed by atoms with Gasteiger partial charge >= 0.3 is 0 Å². The molecule has 0 saturated heterocycles. The molecule has 156 valence electrons. The summed E-state index contributed by atoms with van der Waals surface area (Å²) in [7, 11) is 0. The highest BCUT2D eigenvalue weighted by Gasteiger charge is 2.52. The largest absolute Gasteiger partial charge is 0.395 e. The van der Waals surface area contributed by atoms with E-state index in [1.54, 1.807) is 24.3 Å². The van der Waals surface area contributed by atoms with Gasteiger partial charge in [0.2, 0.25) is 5.91 Å². The molecule has 6 N–H and O–H groups in total. The van der Waals surface area contributed by atoms with Crippen molar-refractivity contribution in [1.82, 2.24) is 10.6 Å². The SMILES string of the molecule is NC(=O)C1(c2ccc(NC(=O)c3ccc(F)cc3)cc2)NC=NC1C(=O)NCCO. The third-order valence-electron chi connectivity index (χ3n) is 4.68. The Morgan fingerprint density at radius 3 is 2.40 bits per heavy atom. The van der Waals surface area contributed by atoms with Crippen LogP contribution in [-0.2, 0) is 15.1 Å².